The Morgan fingerprint density at radius 2 is 1.53 bits per heavy atom. The Hall–Kier alpha value is -0.260. The molecule has 0 saturated heterocycles. The molecule has 4 aliphatic rings. The Bertz CT molecular complexity index is 249. The van der Waals surface area contributed by atoms with Crippen molar-refractivity contribution in [1.82, 2.24) is 0 Å². The van der Waals surface area contributed by atoms with Gasteiger partial charge in [0.1, 0.15) is 0 Å². The third kappa shape index (κ3) is 1.40. The second kappa shape index (κ2) is 3.37. The van der Waals surface area contributed by atoms with Gasteiger partial charge < -0.3 is 0 Å². The van der Waals surface area contributed by atoms with Crippen LogP contribution in [-0.4, -0.2) is 0 Å². The van der Waals surface area contributed by atoms with Gasteiger partial charge in [0.05, 0.1) is 0 Å². The molecule has 84 valence electrons. The molecule has 0 atom stereocenters. The fraction of sp³-hybridized carbons (Fsp3) is 0.867. The summed E-state index contributed by atoms with van der Waals surface area (Å²) in [6.45, 7) is 4.62. The van der Waals surface area contributed by atoms with Crippen molar-refractivity contribution in [2.45, 2.75) is 58.8 Å². The van der Waals surface area contributed by atoms with Crippen LogP contribution < -0.4 is 0 Å². The molecule has 0 radical (unpaired) electrons. The Morgan fingerprint density at radius 1 is 1.07 bits per heavy atom. The average molecular weight is 204 g/mol. The quantitative estimate of drug-likeness (QED) is 0.578. The van der Waals surface area contributed by atoms with Gasteiger partial charge in [0.15, 0.2) is 0 Å². The van der Waals surface area contributed by atoms with Gasteiger partial charge in [0.25, 0.3) is 0 Å². The van der Waals surface area contributed by atoms with E-state index < -0.39 is 0 Å². The molecule has 15 heavy (non-hydrogen) atoms. The van der Waals surface area contributed by atoms with Crippen molar-refractivity contribution in [3.8, 4) is 0 Å². The van der Waals surface area contributed by atoms with Crippen molar-refractivity contribution in [3.05, 3.63) is 11.6 Å². The van der Waals surface area contributed by atoms with E-state index >= 15 is 0 Å². The summed E-state index contributed by atoms with van der Waals surface area (Å²) in [4.78, 5) is 0. The van der Waals surface area contributed by atoms with E-state index in [-0.39, 0.29) is 0 Å². The predicted molar refractivity (Wildman–Crippen MR) is 64.7 cm³/mol. The maximum atomic E-state index is 2.44. The minimum absolute atomic E-state index is 0.679. The molecule has 0 aromatic carbocycles. The molecule has 0 unspecified atom stereocenters. The minimum Gasteiger partial charge on any atom is -0.0879 e. The number of hydrogen-bond donors (Lipinski definition) is 0. The summed E-state index contributed by atoms with van der Waals surface area (Å²) in [6.07, 6.45) is 13.0. The van der Waals surface area contributed by atoms with E-state index in [0.717, 1.165) is 17.8 Å². The Kier molecular flexibility index (Phi) is 2.23. The monoisotopic (exact) mass is 204 g/mol. The zero-order valence-electron chi connectivity index (χ0n) is 10.3. The van der Waals surface area contributed by atoms with Gasteiger partial charge >= 0.3 is 0 Å². The highest BCUT2D eigenvalue weighted by Crippen LogP contribution is 2.63. The molecule has 0 aromatic heterocycles. The van der Waals surface area contributed by atoms with E-state index in [1.807, 2.05) is 0 Å². The first-order chi connectivity index (χ1) is 7.25. The summed E-state index contributed by atoms with van der Waals surface area (Å²) in [5.41, 5.74) is 2.47. The lowest BCUT2D eigenvalue weighted by Gasteiger charge is -2.58. The molecule has 4 saturated carbocycles. The molecule has 4 aliphatic carbocycles. The van der Waals surface area contributed by atoms with E-state index in [4.69, 9.17) is 0 Å². The normalized spacial score (nSPS) is 48.7. The molecule has 0 amide bonds. The van der Waals surface area contributed by atoms with Crippen molar-refractivity contribution in [1.29, 1.82) is 0 Å². The maximum absolute atomic E-state index is 2.44. The van der Waals surface area contributed by atoms with E-state index in [2.05, 4.69) is 19.9 Å². The van der Waals surface area contributed by atoms with Crippen LogP contribution in [0.25, 0.3) is 0 Å². The van der Waals surface area contributed by atoms with Crippen LogP contribution in [0.4, 0.5) is 0 Å². The summed E-state index contributed by atoms with van der Waals surface area (Å²) >= 11 is 0. The van der Waals surface area contributed by atoms with Crippen molar-refractivity contribution in [2.75, 3.05) is 0 Å². The molecule has 0 N–H and O–H groups in total. The van der Waals surface area contributed by atoms with Gasteiger partial charge in [0.2, 0.25) is 0 Å². The summed E-state index contributed by atoms with van der Waals surface area (Å²) in [7, 11) is 0. The highest BCUT2D eigenvalue weighted by Gasteiger charge is 2.51. The van der Waals surface area contributed by atoms with Crippen LogP contribution in [0.1, 0.15) is 58.8 Å². The van der Waals surface area contributed by atoms with Crippen LogP contribution in [0.5, 0.6) is 0 Å². The van der Waals surface area contributed by atoms with Gasteiger partial charge in [-0.2, -0.15) is 0 Å². The fourth-order valence-electron chi connectivity index (χ4n) is 5.39. The lowest BCUT2D eigenvalue weighted by molar-refractivity contribution is -0.0319. The Balaban J connectivity index is 1.92. The molecule has 0 aromatic rings. The first-order valence-corrected chi connectivity index (χ1v) is 6.91. The zero-order valence-corrected chi connectivity index (χ0v) is 10.3. The van der Waals surface area contributed by atoms with E-state index in [9.17, 15) is 0 Å². The van der Waals surface area contributed by atoms with Crippen LogP contribution in [-0.2, 0) is 0 Å². The van der Waals surface area contributed by atoms with Crippen LogP contribution in [0.3, 0.4) is 0 Å². The van der Waals surface area contributed by atoms with E-state index in [0.29, 0.717) is 5.41 Å². The summed E-state index contributed by atoms with van der Waals surface area (Å²) in [5, 5.41) is 0. The van der Waals surface area contributed by atoms with Gasteiger partial charge in [-0.25, -0.2) is 0 Å². The van der Waals surface area contributed by atoms with Gasteiger partial charge in [-0.15, -0.1) is 0 Å². The zero-order chi connectivity index (χ0) is 10.5. The first kappa shape index (κ1) is 9.93. The highest BCUT2D eigenvalue weighted by molar-refractivity contribution is 5.19. The second-order valence-corrected chi connectivity index (χ2v) is 6.37. The predicted octanol–water partition coefficient (Wildman–Crippen LogP) is 4.56. The molecule has 4 fully saturated rings. The highest BCUT2D eigenvalue weighted by atomic mass is 14.6. The molecular formula is C15H24. The van der Waals surface area contributed by atoms with Gasteiger partial charge in [-0.1, -0.05) is 18.6 Å². The van der Waals surface area contributed by atoms with Crippen molar-refractivity contribution in [3.63, 3.8) is 0 Å². The largest absolute Gasteiger partial charge is 0.0879 e. The number of hydrogen-bond acceptors (Lipinski definition) is 0. The van der Waals surface area contributed by atoms with E-state index in [1.165, 1.54) is 25.7 Å². The van der Waals surface area contributed by atoms with Crippen LogP contribution >= 0.6 is 0 Å². The molecular weight excluding hydrogens is 180 g/mol. The SMILES string of the molecule is C/C=C(/CC)C12CC3CC(CC(C3)C1)C2. The lowest BCUT2D eigenvalue weighted by atomic mass is 9.47. The third-order valence-electron chi connectivity index (χ3n) is 5.45. The summed E-state index contributed by atoms with van der Waals surface area (Å²) < 4.78 is 0. The molecule has 0 heteroatoms. The Labute approximate surface area is 94.1 Å². The van der Waals surface area contributed by atoms with Gasteiger partial charge in [0, 0.05) is 0 Å². The van der Waals surface area contributed by atoms with E-state index in [1.54, 1.807) is 24.8 Å². The molecule has 4 bridgehead atoms. The number of allylic oxidation sites excluding steroid dienone is 2. The topological polar surface area (TPSA) is 0 Å². The fourth-order valence-corrected chi connectivity index (χ4v) is 5.39. The maximum Gasteiger partial charge on any atom is -0.00804 e. The third-order valence-corrected chi connectivity index (χ3v) is 5.45. The molecule has 0 heterocycles. The van der Waals surface area contributed by atoms with Crippen molar-refractivity contribution < 1.29 is 0 Å². The van der Waals surface area contributed by atoms with Gasteiger partial charge in [-0.3, -0.25) is 0 Å². The average Bonchev–Trinajstić information content (AvgIpc) is 2.16. The summed E-state index contributed by atoms with van der Waals surface area (Å²) in [5.74, 6) is 3.29. The van der Waals surface area contributed by atoms with Gasteiger partial charge in [-0.05, 0) is 75.0 Å². The lowest BCUT2D eigenvalue weighted by Crippen LogP contribution is -2.46. The number of rotatable bonds is 2. The molecule has 0 spiro atoms. The van der Waals surface area contributed by atoms with Crippen LogP contribution in [0, 0.1) is 23.2 Å². The van der Waals surface area contributed by atoms with Crippen molar-refractivity contribution >= 4 is 0 Å². The molecule has 0 nitrogen and oxygen atoms in total. The van der Waals surface area contributed by atoms with Crippen molar-refractivity contribution in [2.24, 2.45) is 23.2 Å². The standard InChI is InChI=1S/C15H24/c1-3-14(4-2)15-8-11-5-12(9-15)7-13(6-11)10-15/h3,11-13H,4-10H2,1-2H3/b14-3-. The van der Waals surface area contributed by atoms with Crippen LogP contribution in [0.2, 0.25) is 0 Å². The minimum atomic E-state index is 0.679. The molecule has 0 aliphatic heterocycles. The summed E-state index contributed by atoms with van der Waals surface area (Å²) in [6, 6.07) is 0. The smallest absolute Gasteiger partial charge is 0.00804 e. The molecule has 4 rings (SSSR count). The Morgan fingerprint density at radius 3 is 1.87 bits per heavy atom. The first-order valence-electron chi connectivity index (χ1n) is 6.91. The van der Waals surface area contributed by atoms with Crippen LogP contribution in [0.15, 0.2) is 11.6 Å². The second-order valence-electron chi connectivity index (χ2n) is 6.37.